The Morgan fingerprint density at radius 2 is 1.72 bits per heavy atom. The van der Waals surface area contributed by atoms with E-state index in [9.17, 15) is 14.4 Å². The lowest BCUT2D eigenvalue weighted by molar-refractivity contribution is -0.134. The van der Waals surface area contributed by atoms with Gasteiger partial charge in [-0.15, -0.1) is 0 Å². The minimum Gasteiger partial charge on any atom is -0.378 e. The molecule has 158 valence electrons. The Labute approximate surface area is 173 Å². The molecule has 2 aromatic rings. The first-order valence-corrected chi connectivity index (χ1v) is 10.4. The fourth-order valence-corrected chi connectivity index (χ4v) is 4.13. The van der Waals surface area contributed by atoms with Gasteiger partial charge in [0.25, 0.3) is 5.56 Å². The number of amides is 1. The standard InChI is InChI=1S/C19H27N5O4S/c1-11(15(25)24-7-9-28-10-8-24)29-14-12-13(20-17(21-14)19(2,3)4)22(5)18(27)23(6)16(12)26/h11H,7-10H2,1-6H3. The van der Waals surface area contributed by atoms with Crippen molar-refractivity contribution in [2.45, 2.75) is 43.4 Å². The van der Waals surface area contributed by atoms with Crippen molar-refractivity contribution >= 4 is 28.7 Å². The summed E-state index contributed by atoms with van der Waals surface area (Å²) in [6, 6.07) is 0. The number of aryl methyl sites for hydroxylation is 1. The van der Waals surface area contributed by atoms with Gasteiger partial charge in [-0.25, -0.2) is 14.8 Å². The predicted octanol–water partition coefficient (Wildman–Crippen LogP) is 0.664. The van der Waals surface area contributed by atoms with Gasteiger partial charge in [0.15, 0.2) is 5.65 Å². The summed E-state index contributed by atoms with van der Waals surface area (Å²) in [5.74, 6) is 0.491. The van der Waals surface area contributed by atoms with Crippen LogP contribution in [0.3, 0.4) is 0 Å². The molecule has 1 unspecified atom stereocenters. The van der Waals surface area contributed by atoms with Crippen LogP contribution in [0.25, 0.3) is 11.0 Å². The number of fused-ring (bicyclic) bond motifs is 1. The number of ether oxygens (including phenoxy) is 1. The van der Waals surface area contributed by atoms with Gasteiger partial charge in [0.05, 0.1) is 18.5 Å². The summed E-state index contributed by atoms with van der Waals surface area (Å²) in [5.41, 5.74) is -1.02. The Morgan fingerprint density at radius 1 is 1.10 bits per heavy atom. The van der Waals surface area contributed by atoms with Crippen LogP contribution < -0.4 is 11.2 Å². The van der Waals surface area contributed by atoms with Crippen molar-refractivity contribution < 1.29 is 9.53 Å². The van der Waals surface area contributed by atoms with Crippen molar-refractivity contribution in [2.24, 2.45) is 14.1 Å². The molecule has 3 heterocycles. The minimum atomic E-state index is -0.461. The average Bonchev–Trinajstić information content (AvgIpc) is 2.69. The lowest BCUT2D eigenvalue weighted by Crippen LogP contribution is -2.44. The van der Waals surface area contributed by atoms with E-state index in [4.69, 9.17) is 4.74 Å². The van der Waals surface area contributed by atoms with Crippen LogP contribution in [0.1, 0.15) is 33.5 Å². The predicted molar refractivity (Wildman–Crippen MR) is 111 cm³/mol. The molecular formula is C19H27N5O4S. The fourth-order valence-electron chi connectivity index (χ4n) is 3.11. The van der Waals surface area contributed by atoms with Crippen LogP contribution in [0.15, 0.2) is 14.6 Å². The highest BCUT2D eigenvalue weighted by atomic mass is 32.2. The van der Waals surface area contributed by atoms with Gasteiger partial charge in [0, 0.05) is 32.6 Å². The molecule has 1 atom stereocenters. The van der Waals surface area contributed by atoms with Crippen LogP contribution in [0.5, 0.6) is 0 Å². The zero-order valence-corrected chi connectivity index (χ0v) is 18.5. The van der Waals surface area contributed by atoms with Crippen molar-refractivity contribution in [2.75, 3.05) is 26.3 Å². The number of morpholine rings is 1. The van der Waals surface area contributed by atoms with Crippen molar-refractivity contribution in [3.63, 3.8) is 0 Å². The largest absolute Gasteiger partial charge is 0.378 e. The average molecular weight is 422 g/mol. The summed E-state index contributed by atoms with van der Waals surface area (Å²) >= 11 is 1.23. The van der Waals surface area contributed by atoms with Gasteiger partial charge in [0.1, 0.15) is 16.2 Å². The van der Waals surface area contributed by atoms with E-state index in [1.165, 1.54) is 23.4 Å². The number of hydrogen-bond acceptors (Lipinski definition) is 7. The third kappa shape index (κ3) is 4.09. The minimum absolute atomic E-state index is 0.0241. The Kier molecular flexibility index (Phi) is 5.86. The molecule has 10 heteroatoms. The van der Waals surface area contributed by atoms with Gasteiger partial charge in [-0.1, -0.05) is 32.5 Å². The number of nitrogens with zero attached hydrogens (tertiary/aromatic N) is 5. The molecule has 0 saturated carbocycles. The molecular weight excluding hydrogens is 394 g/mol. The molecule has 1 aliphatic heterocycles. The maximum atomic E-state index is 12.9. The molecule has 0 bridgehead atoms. The van der Waals surface area contributed by atoms with E-state index >= 15 is 0 Å². The van der Waals surface area contributed by atoms with E-state index in [1.807, 2.05) is 20.8 Å². The second-order valence-corrected chi connectivity index (χ2v) is 9.53. The molecule has 0 aromatic carbocycles. The zero-order valence-electron chi connectivity index (χ0n) is 17.7. The molecule has 1 saturated heterocycles. The zero-order chi connectivity index (χ0) is 21.5. The number of hydrogen-bond donors (Lipinski definition) is 0. The van der Waals surface area contributed by atoms with Crippen molar-refractivity contribution in [3.8, 4) is 0 Å². The van der Waals surface area contributed by atoms with Gasteiger partial charge < -0.3 is 9.64 Å². The lowest BCUT2D eigenvalue weighted by Gasteiger charge is -2.29. The number of thioether (sulfide) groups is 1. The first-order chi connectivity index (χ1) is 13.5. The SMILES string of the molecule is CC(Sc1nc(C(C)(C)C)nc2c1c(=O)n(C)c(=O)n2C)C(=O)N1CCOCC1. The van der Waals surface area contributed by atoms with E-state index in [1.54, 1.807) is 18.9 Å². The van der Waals surface area contributed by atoms with Crippen LogP contribution in [-0.2, 0) is 29.0 Å². The summed E-state index contributed by atoms with van der Waals surface area (Å²) in [6.07, 6.45) is 0. The second kappa shape index (κ2) is 7.91. The van der Waals surface area contributed by atoms with Crippen LogP contribution in [-0.4, -0.2) is 61.5 Å². The molecule has 0 aliphatic carbocycles. The number of carbonyl (C=O) groups excluding carboxylic acids is 1. The van der Waals surface area contributed by atoms with Crippen molar-refractivity contribution in [1.82, 2.24) is 24.0 Å². The van der Waals surface area contributed by atoms with Crippen LogP contribution in [0.2, 0.25) is 0 Å². The molecule has 2 aromatic heterocycles. The third-order valence-electron chi connectivity index (χ3n) is 4.90. The Morgan fingerprint density at radius 3 is 2.31 bits per heavy atom. The van der Waals surface area contributed by atoms with E-state index in [0.717, 1.165) is 4.57 Å². The summed E-state index contributed by atoms with van der Waals surface area (Å²) < 4.78 is 7.71. The van der Waals surface area contributed by atoms with Gasteiger partial charge in [-0.05, 0) is 6.92 Å². The highest BCUT2D eigenvalue weighted by molar-refractivity contribution is 8.00. The summed E-state index contributed by atoms with van der Waals surface area (Å²) in [4.78, 5) is 49.1. The quantitative estimate of drug-likeness (QED) is 0.530. The Bertz CT molecular complexity index is 1060. The molecule has 0 spiro atoms. The summed E-state index contributed by atoms with van der Waals surface area (Å²) in [6.45, 7) is 9.85. The summed E-state index contributed by atoms with van der Waals surface area (Å²) in [5, 5.41) is 0.237. The van der Waals surface area contributed by atoms with Gasteiger partial charge in [0.2, 0.25) is 5.91 Å². The van der Waals surface area contributed by atoms with Crippen LogP contribution >= 0.6 is 11.8 Å². The first-order valence-electron chi connectivity index (χ1n) is 9.53. The van der Waals surface area contributed by atoms with Gasteiger partial charge in [-0.2, -0.15) is 0 Å². The maximum Gasteiger partial charge on any atom is 0.332 e. The first kappa shape index (κ1) is 21.5. The van der Waals surface area contributed by atoms with Crippen molar-refractivity contribution in [3.05, 3.63) is 26.7 Å². The monoisotopic (exact) mass is 421 g/mol. The molecule has 3 rings (SSSR count). The molecule has 0 N–H and O–H groups in total. The molecule has 9 nitrogen and oxygen atoms in total. The topological polar surface area (TPSA) is 99.3 Å². The van der Waals surface area contributed by atoms with E-state index < -0.39 is 21.9 Å². The fraction of sp³-hybridized carbons (Fsp3) is 0.632. The Balaban J connectivity index is 2.13. The number of aromatic nitrogens is 4. The molecule has 1 amide bonds. The smallest absolute Gasteiger partial charge is 0.332 e. The molecule has 1 aliphatic rings. The molecule has 29 heavy (non-hydrogen) atoms. The third-order valence-corrected chi connectivity index (χ3v) is 5.97. The highest BCUT2D eigenvalue weighted by Gasteiger charge is 2.28. The number of carbonyl (C=O) groups is 1. The van der Waals surface area contributed by atoms with Crippen LogP contribution in [0, 0.1) is 0 Å². The summed E-state index contributed by atoms with van der Waals surface area (Å²) in [7, 11) is 3.01. The van der Waals surface area contributed by atoms with Crippen LogP contribution in [0.4, 0.5) is 0 Å². The maximum absolute atomic E-state index is 12.9. The number of rotatable bonds is 3. The highest BCUT2D eigenvalue weighted by Crippen LogP contribution is 2.30. The van der Waals surface area contributed by atoms with E-state index in [0.29, 0.717) is 37.2 Å². The van der Waals surface area contributed by atoms with E-state index in [2.05, 4.69) is 9.97 Å². The molecule has 0 radical (unpaired) electrons. The molecule has 1 fully saturated rings. The lowest BCUT2D eigenvalue weighted by atomic mass is 9.96. The van der Waals surface area contributed by atoms with Gasteiger partial charge in [-0.3, -0.25) is 18.7 Å². The van der Waals surface area contributed by atoms with Gasteiger partial charge >= 0.3 is 5.69 Å². The van der Waals surface area contributed by atoms with Crippen molar-refractivity contribution in [1.29, 1.82) is 0 Å². The normalized spacial score (nSPS) is 16.3. The second-order valence-electron chi connectivity index (χ2n) is 8.20. The Hall–Kier alpha value is -2.20. The van der Waals surface area contributed by atoms with E-state index in [-0.39, 0.29) is 16.9 Å².